The van der Waals surface area contributed by atoms with Crippen LogP contribution < -0.4 is 5.73 Å². The van der Waals surface area contributed by atoms with Crippen LogP contribution in [0, 0.1) is 12.3 Å². The van der Waals surface area contributed by atoms with E-state index in [1.165, 1.54) is 17.2 Å². The highest BCUT2D eigenvalue weighted by molar-refractivity contribution is 7.32. The molecule has 3 heterocycles. The number of ether oxygens (including phenoxy) is 2. The molecular weight excluding hydrogens is 353 g/mol. The summed E-state index contributed by atoms with van der Waals surface area (Å²) in [4.78, 5) is 21.2. The molecule has 3 rings (SSSR count). The molecule has 11 nitrogen and oxygen atoms in total. The highest BCUT2D eigenvalue weighted by Gasteiger charge is 2.51. The zero-order valence-corrected chi connectivity index (χ0v) is 13.7. The van der Waals surface area contributed by atoms with Crippen LogP contribution in [0.4, 0.5) is 5.82 Å². The zero-order chi connectivity index (χ0) is 18.0. The smallest absolute Gasteiger partial charge is 0.394 e. The van der Waals surface area contributed by atoms with Crippen molar-refractivity contribution in [3.05, 3.63) is 12.7 Å². The third-order valence-corrected chi connectivity index (χ3v) is 4.12. The molecule has 132 valence electrons. The molecule has 0 spiro atoms. The zero-order valence-electron chi connectivity index (χ0n) is 12.8. The second-order valence-corrected chi connectivity index (χ2v) is 5.80. The van der Waals surface area contributed by atoms with Crippen LogP contribution in [0.15, 0.2) is 12.7 Å². The Morgan fingerprint density at radius 3 is 2.92 bits per heavy atom. The average molecular weight is 368 g/mol. The van der Waals surface area contributed by atoms with Crippen molar-refractivity contribution in [2.24, 2.45) is 0 Å². The minimum atomic E-state index is -2.94. The predicted molar refractivity (Wildman–Crippen MR) is 84.0 cm³/mol. The van der Waals surface area contributed by atoms with Gasteiger partial charge in [0.1, 0.15) is 30.7 Å². The van der Waals surface area contributed by atoms with Crippen LogP contribution in [0.5, 0.6) is 0 Å². The molecule has 1 fully saturated rings. The number of aliphatic hydroxyl groups is 1. The number of rotatable bonds is 6. The first-order valence-corrected chi connectivity index (χ1v) is 8.27. The Morgan fingerprint density at radius 2 is 2.24 bits per heavy atom. The molecule has 25 heavy (non-hydrogen) atoms. The molecule has 2 aromatic rings. The summed E-state index contributed by atoms with van der Waals surface area (Å²) in [5, 5.41) is 9.52. The van der Waals surface area contributed by atoms with E-state index in [9.17, 15) is 9.67 Å². The summed E-state index contributed by atoms with van der Waals surface area (Å²) >= 11 is 0. The van der Waals surface area contributed by atoms with Gasteiger partial charge in [0.25, 0.3) is 0 Å². The summed E-state index contributed by atoms with van der Waals surface area (Å²) in [7, 11) is -2.94. The summed E-state index contributed by atoms with van der Waals surface area (Å²) in [6, 6.07) is 0. The van der Waals surface area contributed by atoms with E-state index in [-0.39, 0.29) is 12.4 Å². The van der Waals surface area contributed by atoms with E-state index in [1.807, 2.05) is 0 Å². The van der Waals surface area contributed by atoms with Crippen molar-refractivity contribution in [1.82, 2.24) is 19.5 Å². The number of nitrogens with two attached hydrogens (primary N) is 1. The van der Waals surface area contributed by atoms with Gasteiger partial charge in [-0.2, -0.15) is 0 Å². The van der Waals surface area contributed by atoms with Gasteiger partial charge >= 0.3 is 8.25 Å². The third kappa shape index (κ3) is 3.32. The number of anilines is 1. The molecule has 1 aliphatic heterocycles. The first-order chi connectivity index (χ1) is 12.1. The minimum absolute atomic E-state index is 0.0888. The van der Waals surface area contributed by atoms with Crippen molar-refractivity contribution >= 4 is 25.2 Å². The SMILES string of the molecule is C#CCOC1C(O[P+](=O)O)[C@@H](CO)O[C@H]1n1cnc2c(N)ncnc21. The lowest BCUT2D eigenvalue weighted by molar-refractivity contribution is -0.0635. The lowest BCUT2D eigenvalue weighted by atomic mass is 10.1. The van der Waals surface area contributed by atoms with Crippen molar-refractivity contribution in [3.8, 4) is 12.3 Å². The van der Waals surface area contributed by atoms with Gasteiger partial charge in [-0.3, -0.25) is 4.57 Å². The minimum Gasteiger partial charge on any atom is -0.394 e. The molecular formula is C13H15N5O6P+. The second kappa shape index (κ2) is 7.37. The topological polar surface area (TPSA) is 155 Å². The Labute approximate surface area is 142 Å². The molecule has 0 bridgehead atoms. The quantitative estimate of drug-likeness (QED) is 0.442. The molecule has 1 aliphatic rings. The Hall–Kier alpha value is -2.19. The average Bonchev–Trinajstić information content (AvgIpc) is 3.15. The van der Waals surface area contributed by atoms with Crippen molar-refractivity contribution in [3.63, 3.8) is 0 Å². The molecule has 0 radical (unpaired) electrons. The molecule has 0 aliphatic carbocycles. The van der Waals surface area contributed by atoms with E-state index in [4.69, 9.17) is 31.0 Å². The summed E-state index contributed by atoms with van der Waals surface area (Å²) in [5.41, 5.74) is 6.50. The van der Waals surface area contributed by atoms with Gasteiger partial charge in [-0.25, -0.2) is 15.0 Å². The van der Waals surface area contributed by atoms with E-state index in [2.05, 4.69) is 20.9 Å². The highest BCUT2D eigenvalue weighted by atomic mass is 31.1. The van der Waals surface area contributed by atoms with Gasteiger partial charge in [0.05, 0.1) is 12.9 Å². The van der Waals surface area contributed by atoms with Crippen molar-refractivity contribution in [2.45, 2.75) is 24.5 Å². The number of fused-ring (bicyclic) bond motifs is 1. The van der Waals surface area contributed by atoms with E-state index < -0.39 is 39.4 Å². The monoisotopic (exact) mass is 368 g/mol. The van der Waals surface area contributed by atoms with Crippen molar-refractivity contribution in [1.29, 1.82) is 0 Å². The molecule has 5 atom stereocenters. The van der Waals surface area contributed by atoms with Crippen LogP contribution in [0.1, 0.15) is 6.23 Å². The summed E-state index contributed by atoms with van der Waals surface area (Å²) in [6.45, 7) is -0.543. The molecule has 12 heteroatoms. The number of hydrogen-bond acceptors (Lipinski definition) is 9. The summed E-state index contributed by atoms with van der Waals surface area (Å²) in [5.74, 6) is 2.50. The maximum atomic E-state index is 11.1. The number of imidazole rings is 1. The fraction of sp³-hybridized carbons (Fsp3) is 0.462. The largest absolute Gasteiger partial charge is 0.695 e. The third-order valence-electron chi connectivity index (χ3n) is 3.70. The first-order valence-electron chi connectivity index (χ1n) is 7.14. The van der Waals surface area contributed by atoms with Crippen LogP contribution in [-0.4, -0.2) is 61.0 Å². The van der Waals surface area contributed by atoms with Gasteiger partial charge in [0.15, 0.2) is 23.8 Å². The Bertz CT molecular complexity index is 823. The molecule has 2 aromatic heterocycles. The van der Waals surface area contributed by atoms with Crippen LogP contribution in [0.2, 0.25) is 0 Å². The lowest BCUT2D eigenvalue weighted by Gasteiger charge is -2.20. The molecule has 1 saturated heterocycles. The lowest BCUT2D eigenvalue weighted by Crippen LogP contribution is -2.36. The number of aliphatic hydroxyl groups excluding tert-OH is 1. The molecule has 3 unspecified atom stereocenters. The fourth-order valence-corrected chi connectivity index (χ4v) is 3.15. The van der Waals surface area contributed by atoms with E-state index in [1.54, 1.807) is 0 Å². The van der Waals surface area contributed by atoms with E-state index >= 15 is 0 Å². The van der Waals surface area contributed by atoms with Gasteiger partial charge in [-0.1, -0.05) is 5.92 Å². The Morgan fingerprint density at radius 1 is 1.44 bits per heavy atom. The maximum absolute atomic E-state index is 11.1. The molecule has 0 saturated carbocycles. The van der Waals surface area contributed by atoms with E-state index in [0.717, 1.165) is 0 Å². The van der Waals surface area contributed by atoms with Crippen LogP contribution in [-0.2, 0) is 18.6 Å². The first kappa shape index (κ1) is 17.6. The van der Waals surface area contributed by atoms with Crippen molar-refractivity contribution < 1.29 is 28.6 Å². The van der Waals surface area contributed by atoms with Crippen LogP contribution in [0.25, 0.3) is 11.2 Å². The number of aromatic nitrogens is 4. The molecule has 4 N–H and O–H groups in total. The Kier molecular flexibility index (Phi) is 5.19. The fourth-order valence-electron chi connectivity index (χ4n) is 2.69. The molecule has 0 aromatic carbocycles. The van der Waals surface area contributed by atoms with Gasteiger partial charge in [-0.05, 0) is 0 Å². The van der Waals surface area contributed by atoms with Gasteiger partial charge in [0, 0.05) is 4.57 Å². The second-order valence-electron chi connectivity index (χ2n) is 5.12. The van der Waals surface area contributed by atoms with Crippen molar-refractivity contribution in [2.75, 3.05) is 18.9 Å². The maximum Gasteiger partial charge on any atom is 0.695 e. The summed E-state index contributed by atoms with van der Waals surface area (Å²) in [6.07, 6.45) is 4.25. The van der Waals surface area contributed by atoms with Gasteiger partial charge < -0.3 is 20.3 Å². The standard InChI is InChI=1S/C13H14N5O6P/c1-2-3-22-10-9(24-25(20)21)7(4-19)23-13(10)18-6-17-8-11(14)15-5-16-12(8)18/h1,5-7,9-10,13,19H,3-4H2,(H2-,14,15,16,20,21)/p+1/t7-,9?,10?,13-/m1/s1. The predicted octanol–water partition coefficient (Wildman–Crippen LogP) is -0.649. The number of hydrogen-bond donors (Lipinski definition) is 3. The normalized spacial score (nSPS) is 26.7. The number of nitrogen functional groups attached to an aromatic ring is 1. The molecule has 0 amide bonds. The van der Waals surface area contributed by atoms with E-state index in [0.29, 0.717) is 11.2 Å². The number of terminal acetylenes is 1. The van der Waals surface area contributed by atoms with Crippen LogP contribution in [0.3, 0.4) is 0 Å². The summed E-state index contributed by atoms with van der Waals surface area (Å²) < 4.78 is 28.9. The van der Waals surface area contributed by atoms with Crippen LogP contribution >= 0.6 is 8.25 Å². The Balaban J connectivity index is 2.01. The van der Waals surface area contributed by atoms with Gasteiger partial charge in [-0.15, -0.1) is 15.8 Å². The van der Waals surface area contributed by atoms with Gasteiger partial charge in [0.2, 0.25) is 0 Å². The number of nitrogens with zero attached hydrogens (tertiary/aromatic N) is 4. The highest BCUT2D eigenvalue weighted by Crippen LogP contribution is 2.38.